The van der Waals surface area contributed by atoms with Gasteiger partial charge in [0, 0.05) is 18.8 Å². The molecule has 0 bridgehead atoms. The molecule has 1 aliphatic rings. The summed E-state index contributed by atoms with van der Waals surface area (Å²) in [5.74, 6) is 1.17. The second-order valence-electron chi connectivity index (χ2n) is 5.47. The van der Waals surface area contributed by atoms with Crippen molar-refractivity contribution in [1.29, 1.82) is 0 Å². The van der Waals surface area contributed by atoms with E-state index in [1.807, 2.05) is 6.07 Å². The summed E-state index contributed by atoms with van der Waals surface area (Å²) in [5, 5.41) is 0. The van der Waals surface area contributed by atoms with Crippen LogP contribution >= 0.6 is 11.6 Å². The second-order valence-corrected chi connectivity index (χ2v) is 5.85. The highest BCUT2D eigenvalue weighted by atomic mass is 35.5. The quantitative estimate of drug-likeness (QED) is 0.771. The van der Waals surface area contributed by atoms with Crippen molar-refractivity contribution in [2.75, 3.05) is 5.88 Å². The van der Waals surface area contributed by atoms with Gasteiger partial charge in [0.15, 0.2) is 5.82 Å². The van der Waals surface area contributed by atoms with Gasteiger partial charge in [-0.3, -0.25) is 0 Å². The molecule has 0 aliphatic heterocycles. The van der Waals surface area contributed by atoms with E-state index in [1.54, 1.807) is 6.07 Å². The number of hydrogen-bond donors (Lipinski definition) is 0. The normalized spacial score (nSPS) is 17.3. The largest absolute Gasteiger partial charge is 0.327 e. The number of alkyl halides is 1. The molecule has 0 amide bonds. The lowest BCUT2D eigenvalue weighted by Gasteiger charge is -2.13. The summed E-state index contributed by atoms with van der Waals surface area (Å²) in [6, 6.07) is 5.15. The van der Waals surface area contributed by atoms with E-state index in [0.29, 0.717) is 23.2 Å². The third-order valence-electron chi connectivity index (χ3n) is 3.77. The molecule has 0 radical (unpaired) electrons. The first-order chi connectivity index (χ1) is 8.63. The van der Waals surface area contributed by atoms with E-state index in [-0.39, 0.29) is 5.82 Å². The minimum absolute atomic E-state index is 0.247. The molecular formula is C14H16ClFN2. The molecule has 0 atom stereocenters. The highest BCUT2D eigenvalue weighted by Gasteiger charge is 2.38. The van der Waals surface area contributed by atoms with E-state index in [0.717, 1.165) is 17.9 Å². The van der Waals surface area contributed by atoms with Crippen LogP contribution in [0.15, 0.2) is 18.2 Å². The van der Waals surface area contributed by atoms with E-state index < -0.39 is 0 Å². The van der Waals surface area contributed by atoms with Crippen molar-refractivity contribution in [2.24, 2.45) is 5.41 Å². The Morgan fingerprint density at radius 1 is 1.44 bits per heavy atom. The van der Waals surface area contributed by atoms with Gasteiger partial charge in [0.2, 0.25) is 0 Å². The van der Waals surface area contributed by atoms with Gasteiger partial charge in [-0.2, -0.15) is 0 Å². The van der Waals surface area contributed by atoms with Crippen LogP contribution in [0.3, 0.4) is 0 Å². The van der Waals surface area contributed by atoms with Crippen LogP contribution in [-0.4, -0.2) is 15.4 Å². The SMILES string of the molecule is CC1(Cn2c(CCCl)nc3c(F)cccc32)CC1. The summed E-state index contributed by atoms with van der Waals surface area (Å²) in [6.45, 7) is 3.18. The lowest BCUT2D eigenvalue weighted by molar-refractivity contribution is 0.462. The zero-order chi connectivity index (χ0) is 12.8. The first-order valence-electron chi connectivity index (χ1n) is 6.33. The number of benzene rings is 1. The summed E-state index contributed by atoms with van der Waals surface area (Å²) >= 11 is 5.82. The molecule has 1 saturated carbocycles. The first kappa shape index (κ1) is 12.0. The van der Waals surface area contributed by atoms with Crippen LogP contribution in [-0.2, 0) is 13.0 Å². The molecule has 18 heavy (non-hydrogen) atoms. The van der Waals surface area contributed by atoms with E-state index in [1.165, 1.54) is 18.9 Å². The molecule has 3 rings (SSSR count). The van der Waals surface area contributed by atoms with Gasteiger partial charge < -0.3 is 4.57 Å². The minimum Gasteiger partial charge on any atom is -0.327 e. The number of imidazole rings is 1. The van der Waals surface area contributed by atoms with E-state index in [2.05, 4.69) is 16.5 Å². The number of halogens is 2. The molecule has 0 unspecified atom stereocenters. The van der Waals surface area contributed by atoms with E-state index >= 15 is 0 Å². The summed E-state index contributed by atoms with van der Waals surface area (Å²) in [5.41, 5.74) is 1.73. The van der Waals surface area contributed by atoms with E-state index in [4.69, 9.17) is 11.6 Å². The summed E-state index contributed by atoms with van der Waals surface area (Å²) in [6.07, 6.45) is 3.16. The van der Waals surface area contributed by atoms with Crippen molar-refractivity contribution >= 4 is 22.6 Å². The highest BCUT2D eigenvalue weighted by molar-refractivity contribution is 6.17. The number of aromatic nitrogens is 2. The summed E-state index contributed by atoms with van der Waals surface area (Å²) in [7, 11) is 0. The van der Waals surface area contributed by atoms with Crippen LogP contribution in [0, 0.1) is 11.2 Å². The van der Waals surface area contributed by atoms with Crippen molar-refractivity contribution in [2.45, 2.75) is 32.7 Å². The Bertz CT molecular complexity index is 587. The van der Waals surface area contributed by atoms with Gasteiger partial charge >= 0.3 is 0 Å². The number of rotatable bonds is 4. The summed E-state index contributed by atoms with van der Waals surface area (Å²) in [4.78, 5) is 4.42. The molecule has 1 aliphatic carbocycles. The van der Waals surface area contributed by atoms with Crippen molar-refractivity contribution in [1.82, 2.24) is 9.55 Å². The van der Waals surface area contributed by atoms with Gasteiger partial charge in [-0.15, -0.1) is 11.6 Å². The predicted octanol–water partition coefficient (Wildman–Crippen LogP) is 3.76. The van der Waals surface area contributed by atoms with Crippen LogP contribution in [0.5, 0.6) is 0 Å². The maximum absolute atomic E-state index is 13.8. The monoisotopic (exact) mass is 266 g/mol. The van der Waals surface area contributed by atoms with Crippen molar-refractivity contribution in [3.05, 3.63) is 29.8 Å². The van der Waals surface area contributed by atoms with Crippen LogP contribution in [0.2, 0.25) is 0 Å². The molecule has 2 aromatic rings. The Morgan fingerprint density at radius 2 is 2.22 bits per heavy atom. The predicted molar refractivity (Wildman–Crippen MR) is 71.5 cm³/mol. The number of nitrogens with zero attached hydrogens (tertiary/aromatic N) is 2. The first-order valence-corrected chi connectivity index (χ1v) is 6.86. The van der Waals surface area contributed by atoms with Crippen molar-refractivity contribution < 1.29 is 4.39 Å². The molecule has 4 heteroatoms. The fraction of sp³-hybridized carbons (Fsp3) is 0.500. The van der Waals surface area contributed by atoms with Gasteiger partial charge in [0.05, 0.1) is 5.52 Å². The lowest BCUT2D eigenvalue weighted by Crippen LogP contribution is -2.11. The number of fused-ring (bicyclic) bond motifs is 1. The van der Waals surface area contributed by atoms with Crippen molar-refractivity contribution in [3.8, 4) is 0 Å². The van der Waals surface area contributed by atoms with Gasteiger partial charge in [-0.25, -0.2) is 9.37 Å². The van der Waals surface area contributed by atoms with E-state index in [9.17, 15) is 4.39 Å². The standard InChI is InChI=1S/C14H16ClFN2/c1-14(6-7-14)9-18-11-4-2-3-10(16)13(11)17-12(18)5-8-15/h2-4H,5-9H2,1H3. The molecule has 1 aromatic carbocycles. The molecule has 1 aromatic heterocycles. The Morgan fingerprint density at radius 3 is 2.89 bits per heavy atom. The third-order valence-corrected chi connectivity index (χ3v) is 3.96. The lowest BCUT2D eigenvalue weighted by atomic mass is 10.1. The molecule has 96 valence electrons. The molecule has 2 nitrogen and oxygen atoms in total. The minimum atomic E-state index is -0.247. The Kier molecular flexibility index (Phi) is 2.81. The Labute approximate surface area is 111 Å². The smallest absolute Gasteiger partial charge is 0.151 e. The number of para-hydroxylation sites is 1. The average Bonchev–Trinajstić information content (AvgIpc) is 2.96. The van der Waals surface area contributed by atoms with Crippen LogP contribution in [0.4, 0.5) is 4.39 Å². The zero-order valence-electron chi connectivity index (χ0n) is 10.4. The average molecular weight is 267 g/mol. The molecule has 0 N–H and O–H groups in total. The molecular weight excluding hydrogens is 251 g/mol. The molecule has 1 fully saturated rings. The fourth-order valence-electron chi connectivity index (χ4n) is 2.37. The van der Waals surface area contributed by atoms with Gasteiger partial charge in [0.25, 0.3) is 0 Å². The van der Waals surface area contributed by atoms with Gasteiger partial charge in [-0.05, 0) is 30.4 Å². The van der Waals surface area contributed by atoms with Crippen LogP contribution in [0.1, 0.15) is 25.6 Å². The maximum atomic E-state index is 13.8. The van der Waals surface area contributed by atoms with Crippen LogP contribution < -0.4 is 0 Å². The topological polar surface area (TPSA) is 17.8 Å². The zero-order valence-corrected chi connectivity index (χ0v) is 11.2. The number of hydrogen-bond acceptors (Lipinski definition) is 1. The van der Waals surface area contributed by atoms with Crippen molar-refractivity contribution in [3.63, 3.8) is 0 Å². The second kappa shape index (κ2) is 4.23. The van der Waals surface area contributed by atoms with Crippen LogP contribution in [0.25, 0.3) is 11.0 Å². The molecule has 0 saturated heterocycles. The number of aryl methyl sites for hydroxylation is 1. The Balaban J connectivity index is 2.12. The highest BCUT2D eigenvalue weighted by Crippen LogP contribution is 2.47. The molecule has 0 spiro atoms. The molecule has 1 heterocycles. The maximum Gasteiger partial charge on any atom is 0.151 e. The van der Waals surface area contributed by atoms with Gasteiger partial charge in [-0.1, -0.05) is 13.0 Å². The third kappa shape index (κ3) is 2.01. The fourth-order valence-corrected chi connectivity index (χ4v) is 2.53. The Hall–Kier alpha value is -1.09. The summed E-state index contributed by atoms with van der Waals surface area (Å²) < 4.78 is 15.9. The van der Waals surface area contributed by atoms with Gasteiger partial charge in [0.1, 0.15) is 11.3 Å².